The molecule has 0 spiro atoms. The Bertz CT molecular complexity index is 787. The van der Waals surface area contributed by atoms with E-state index in [-0.39, 0.29) is 6.04 Å². The van der Waals surface area contributed by atoms with Crippen LogP contribution in [0.15, 0.2) is 51.7 Å². The summed E-state index contributed by atoms with van der Waals surface area (Å²) in [5, 5.41) is 0. The summed E-state index contributed by atoms with van der Waals surface area (Å²) < 4.78 is 10.2. The first-order valence-corrected chi connectivity index (χ1v) is 6.19. The number of nitrogens with two attached hydrogens (primary N) is 1. The fourth-order valence-electron chi connectivity index (χ4n) is 2.16. The highest BCUT2D eigenvalue weighted by atomic mass is 16.5. The average molecular weight is 270 g/mol. The normalized spacial score (nSPS) is 12.5. The molecule has 1 heterocycles. The Morgan fingerprint density at radius 2 is 1.85 bits per heavy atom. The van der Waals surface area contributed by atoms with Crippen LogP contribution in [0.2, 0.25) is 0 Å². The lowest BCUT2D eigenvalue weighted by molar-refractivity contribution is 0.414. The van der Waals surface area contributed by atoms with Crippen molar-refractivity contribution in [1.29, 1.82) is 0 Å². The van der Waals surface area contributed by atoms with Crippen LogP contribution in [0.5, 0.6) is 5.75 Å². The van der Waals surface area contributed by atoms with Crippen LogP contribution in [0.3, 0.4) is 0 Å². The number of ether oxygens (including phenoxy) is 1. The summed E-state index contributed by atoms with van der Waals surface area (Å²) in [5.74, 6) is 0.322. The topological polar surface area (TPSA) is 81.2 Å². The Hall–Kier alpha value is -2.53. The minimum absolute atomic E-state index is 0.287. The van der Waals surface area contributed by atoms with Gasteiger partial charge in [-0.2, -0.15) is 0 Å². The van der Waals surface area contributed by atoms with Gasteiger partial charge in [0.2, 0.25) is 0 Å². The Labute approximate surface area is 115 Å². The van der Waals surface area contributed by atoms with Crippen LogP contribution >= 0.6 is 0 Å². The van der Waals surface area contributed by atoms with Crippen LogP contribution < -0.4 is 16.2 Å². The Kier molecular flexibility index (Phi) is 3.04. The second-order valence-electron chi connectivity index (χ2n) is 4.52. The number of hydrogen-bond donors (Lipinski definition) is 2. The molecule has 3 N–H and O–H groups in total. The first-order chi connectivity index (χ1) is 9.67. The Morgan fingerprint density at radius 1 is 1.15 bits per heavy atom. The summed E-state index contributed by atoms with van der Waals surface area (Å²) >= 11 is 0. The van der Waals surface area contributed by atoms with E-state index in [1.807, 2.05) is 30.3 Å². The second kappa shape index (κ2) is 4.86. The third kappa shape index (κ3) is 2.19. The molecule has 2 aromatic carbocycles. The molecule has 20 heavy (non-hydrogen) atoms. The van der Waals surface area contributed by atoms with Crippen LogP contribution in [0, 0.1) is 0 Å². The molecule has 0 bridgehead atoms. The average Bonchev–Trinajstić information content (AvgIpc) is 2.85. The van der Waals surface area contributed by atoms with Gasteiger partial charge in [-0.05, 0) is 35.4 Å². The molecule has 5 heteroatoms. The van der Waals surface area contributed by atoms with Crippen LogP contribution in [0.4, 0.5) is 0 Å². The van der Waals surface area contributed by atoms with Gasteiger partial charge in [0.1, 0.15) is 5.75 Å². The lowest BCUT2D eigenvalue weighted by Crippen LogP contribution is -2.11. The fraction of sp³-hybridized carbons (Fsp3) is 0.133. The van der Waals surface area contributed by atoms with E-state index in [0.29, 0.717) is 11.1 Å². The van der Waals surface area contributed by atoms with Gasteiger partial charge >= 0.3 is 5.76 Å². The molecule has 3 rings (SSSR count). The summed E-state index contributed by atoms with van der Waals surface area (Å²) in [6.45, 7) is 0. The van der Waals surface area contributed by atoms with Gasteiger partial charge in [0.05, 0.1) is 18.7 Å². The first kappa shape index (κ1) is 12.5. The van der Waals surface area contributed by atoms with Crippen LogP contribution in [-0.2, 0) is 0 Å². The molecule has 102 valence electrons. The second-order valence-corrected chi connectivity index (χ2v) is 4.52. The van der Waals surface area contributed by atoms with Gasteiger partial charge in [-0.15, -0.1) is 0 Å². The highest BCUT2D eigenvalue weighted by Gasteiger charge is 2.11. The van der Waals surface area contributed by atoms with Crippen LogP contribution in [0.25, 0.3) is 11.1 Å². The van der Waals surface area contributed by atoms with Gasteiger partial charge in [0, 0.05) is 0 Å². The van der Waals surface area contributed by atoms with E-state index in [4.69, 9.17) is 14.9 Å². The Morgan fingerprint density at radius 3 is 2.55 bits per heavy atom. The minimum Gasteiger partial charge on any atom is -0.497 e. The van der Waals surface area contributed by atoms with E-state index >= 15 is 0 Å². The predicted octanol–water partition coefficient (Wildman–Crippen LogP) is 2.18. The van der Waals surface area contributed by atoms with E-state index in [1.54, 1.807) is 19.2 Å². The van der Waals surface area contributed by atoms with Crippen LogP contribution in [0.1, 0.15) is 17.2 Å². The molecular formula is C15H14N2O3. The van der Waals surface area contributed by atoms with E-state index < -0.39 is 5.76 Å². The van der Waals surface area contributed by atoms with E-state index in [1.165, 1.54) is 0 Å². The molecule has 3 aromatic rings. The fourth-order valence-corrected chi connectivity index (χ4v) is 2.16. The maximum Gasteiger partial charge on any atom is 0.417 e. The van der Waals surface area contributed by atoms with Gasteiger partial charge < -0.3 is 14.9 Å². The van der Waals surface area contributed by atoms with Gasteiger partial charge in [-0.3, -0.25) is 4.98 Å². The summed E-state index contributed by atoms with van der Waals surface area (Å²) in [4.78, 5) is 13.7. The molecule has 0 aliphatic heterocycles. The molecule has 0 fully saturated rings. The number of nitrogens with one attached hydrogen (secondary N) is 1. The minimum atomic E-state index is -0.463. The number of aromatic nitrogens is 1. The third-order valence-corrected chi connectivity index (χ3v) is 3.28. The number of methoxy groups -OCH3 is 1. The number of rotatable bonds is 3. The smallest absolute Gasteiger partial charge is 0.417 e. The van der Waals surface area contributed by atoms with E-state index in [9.17, 15) is 4.79 Å². The van der Waals surface area contributed by atoms with Crippen molar-refractivity contribution in [2.24, 2.45) is 5.73 Å². The molecule has 0 aliphatic carbocycles. The van der Waals surface area contributed by atoms with E-state index in [2.05, 4.69) is 4.98 Å². The molecule has 5 nitrogen and oxygen atoms in total. The van der Waals surface area contributed by atoms with Gasteiger partial charge in [-0.1, -0.05) is 18.2 Å². The maximum atomic E-state index is 11.1. The van der Waals surface area contributed by atoms with Gasteiger partial charge in [0.25, 0.3) is 0 Å². The van der Waals surface area contributed by atoms with Crippen molar-refractivity contribution < 1.29 is 9.15 Å². The zero-order chi connectivity index (χ0) is 14.1. The summed E-state index contributed by atoms with van der Waals surface area (Å²) in [6.07, 6.45) is 0. The van der Waals surface area contributed by atoms with Crippen molar-refractivity contribution in [2.75, 3.05) is 7.11 Å². The monoisotopic (exact) mass is 270 g/mol. The van der Waals surface area contributed by atoms with Crippen LogP contribution in [-0.4, -0.2) is 12.1 Å². The summed E-state index contributed by atoms with van der Waals surface area (Å²) in [7, 11) is 1.62. The van der Waals surface area contributed by atoms with Crippen molar-refractivity contribution in [3.8, 4) is 5.75 Å². The van der Waals surface area contributed by atoms with Crippen molar-refractivity contribution >= 4 is 11.1 Å². The van der Waals surface area contributed by atoms with Crippen molar-refractivity contribution in [3.05, 3.63) is 64.1 Å². The Balaban J connectivity index is 1.97. The molecular weight excluding hydrogens is 256 g/mol. The highest BCUT2D eigenvalue weighted by molar-refractivity contribution is 5.73. The lowest BCUT2D eigenvalue weighted by atomic mass is 9.99. The van der Waals surface area contributed by atoms with Crippen molar-refractivity contribution in [1.82, 2.24) is 4.98 Å². The van der Waals surface area contributed by atoms with Gasteiger partial charge in [0.15, 0.2) is 5.58 Å². The number of aromatic amines is 1. The first-order valence-electron chi connectivity index (χ1n) is 6.19. The molecule has 0 saturated heterocycles. The SMILES string of the molecule is COc1ccc(C(N)c2ccc3[nH]c(=O)oc3c2)cc1. The number of oxazole rings is 1. The molecule has 0 saturated carbocycles. The molecule has 1 aromatic heterocycles. The number of H-pyrrole nitrogens is 1. The number of fused-ring (bicyclic) bond motifs is 1. The quantitative estimate of drug-likeness (QED) is 0.764. The van der Waals surface area contributed by atoms with E-state index in [0.717, 1.165) is 16.9 Å². The molecule has 1 unspecified atom stereocenters. The zero-order valence-corrected chi connectivity index (χ0v) is 10.9. The third-order valence-electron chi connectivity index (χ3n) is 3.28. The summed E-state index contributed by atoms with van der Waals surface area (Å²) in [5.41, 5.74) is 9.25. The zero-order valence-electron chi connectivity index (χ0n) is 10.9. The molecule has 0 radical (unpaired) electrons. The lowest BCUT2D eigenvalue weighted by Gasteiger charge is -2.12. The summed E-state index contributed by atoms with van der Waals surface area (Å²) in [6, 6.07) is 12.7. The number of hydrogen-bond acceptors (Lipinski definition) is 4. The highest BCUT2D eigenvalue weighted by Crippen LogP contribution is 2.24. The van der Waals surface area contributed by atoms with Gasteiger partial charge in [-0.25, -0.2) is 4.79 Å². The number of benzene rings is 2. The van der Waals surface area contributed by atoms with Crippen molar-refractivity contribution in [2.45, 2.75) is 6.04 Å². The standard InChI is InChI=1S/C15H14N2O3/c1-19-11-5-2-9(3-6-11)14(16)10-4-7-12-13(8-10)20-15(18)17-12/h2-8,14H,16H2,1H3,(H,17,18). The molecule has 0 amide bonds. The maximum absolute atomic E-state index is 11.1. The largest absolute Gasteiger partial charge is 0.497 e. The predicted molar refractivity (Wildman–Crippen MR) is 75.9 cm³/mol. The molecule has 0 aliphatic rings. The molecule has 1 atom stereocenters. The van der Waals surface area contributed by atoms with Crippen molar-refractivity contribution in [3.63, 3.8) is 0 Å².